The van der Waals surface area contributed by atoms with Crippen LogP contribution in [0, 0.1) is 6.92 Å². The molecule has 0 saturated carbocycles. The standard InChI is InChI=1S/C14H27N3OS/c1-5-8-15-11-13-12(4)16-14(19-13)17(6-2)9-10-18-7-3/h15H,5-11H2,1-4H3. The summed E-state index contributed by atoms with van der Waals surface area (Å²) in [4.78, 5) is 8.32. The van der Waals surface area contributed by atoms with Crippen molar-refractivity contribution in [2.45, 2.75) is 40.7 Å². The molecule has 1 aromatic rings. The van der Waals surface area contributed by atoms with Crippen LogP contribution in [0.15, 0.2) is 0 Å². The Morgan fingerprint density at radius 2 is 2.11 bits per heavy atom. The van der Waals surface area contributed by atoms with Crippen LogP contribution < -0.4 is 10.2 Å². The molecule has 5 heteroatoms. The molecule has 0 aromatic carbocycles. The van der Waals surface area contributed by atoms with Gasteiger partial charge in [-0.3, -0.25) is 0 Å². The minimum Gasteiger partial charge on any atom is -0.380 e. The summed E-state index contributed by atoms with van der Waals surface area (Å²) in [7, 11) is 0. The molecule has 0 aliphatic carbocycles. The predicted octanol–water partition coefficient (Wildman–Crippen LogP) is 2.81. The van der Waals surface area contributed by atoms with Crippen molar-refractivity contribution in [3.63, 3.8) is 0 Å². The fourth-order valence-electron chi connectivity index (χ4n) is 1.80. The minimum atomic E-state index is 0.770. The highest BCUT2D eigenvalue weighted by Crippen LogP contribution is 2.25. The van der Waals surface area contributed by atoms with E-state index in [1.54, 1.807) is 11.3 Å². The normalized spacial score (nSPS) is 10.9. The smallest absolute Gasteiger partial charge is 0.185 e. The van der Waals surface area contributed by atoms with Gasteiger partial charge in [-0.2, -0.15) is 0 Å². The van der Waals surface area contributed by atoms with Crippen LogP contribution in [0.5, 0.6) is 0 Å². The van der Waals surface area contributed by atoms with Crippen molar-refractivity contribution in [2.24, 2.45) is 0 Å². The lowest BCUT2D eigenvalue weighted by Gasteiger charge is -2.19. The quantitative estimate of drug-likeness (QED) is 0.671. The number of hydrogen-bond acceptors (Lipinski definition) is 5. The van der Waals surface area contributed by atoms with Gasteiger partial charge in [-0.15, -0.1) is 11.3 Å². The van der Waals surface area contributed by atoms with Crippen LogP contribution in [-0.4, -0.2) is 37.8 Å². The number of anilines is 1. The Labute approximate surface area is 121 Å². The molecule has 1 N–H and O–H groups in total. The number of likely N-dealkylation sites (N-methyl/N-ethyl adjacent to an activating group) is 1. The zero-order chi connectivity index (χ0) is 14.1. The molecule has 0 bridgehead atoms. The van der Waals surface area contributed by atoms with Crippen molar-refractivity contribution < 1.29 is 4.74 Å². The number of aromatic nitrogens is 1. The van der Waals surface area contributed by atoms with Gasteiger partial charge < -0.3 is 15.0 Å². The van der Waals surface area contributed by atoms with Gasteiger partial charge in [0.1, 0.15) is 0 Å². The highest BCUT2D eigenvalue weighted by Gasteiger charge is 2.12. The van der Waals surface area contributed by atoms with Crippen molar-refractivity contribution in [3.8, 4) is 0 Å². The maximum Gasteiger partial charge on any atom is 0.185 e. The molecule has 110 valence electrons. The van der Waals surface area contributed by atoms with Crippen LogP contribution in [-0.2, 0) is 11.3 Å². The Bertz CT molecular complexity index is 354. The third-order valence-corrected chi connectivity index (χ3v) is 4.17. The first-order valence-electron chi connectivity index (χ1n) is 7.22. The summed E-state index contributed by atoms with van der Waals surface area (Å²) in [5.41, 5.74) is 1.15. The minimum absolute atomic E-state index is 0.770. The Morgan fingerprint density at radius 1 is 1.32 bits per heavy atom. The first kappa shape index (κ1) is 16.4. The zero-order valence-corrected chi connectivity index (χ0v) is 13.5. The molecule has 1 aromatic heterocycles. The lowest BCUT2D eigenvalue weighted by molar-refractivity contribution is 0.154. The van der Waals surface area contributed by atoms with Gasteiger partial charge in [-0.05, 0) is 33.7 Å². The van der Waals surface area contributed by atoms with Crippen LogP contribution in [0.3, 0.4) is 0 Å². The van der Waals surface area contributed by atoms with E-state index in [1.807, 2.05) is 6.92 Å². The van der Waals surface area contributed by atoms with Gasteiger partial charge in [0.25, 0.3) is 0 Å². The summed E-state index contributed by atoms with van der Waals surface area (Å²) in [6, 6.07) is 0. The summed E-state index contributed by atoms with van der Waals surface area (Å²) < 4.78 is 5.43. The topological polar surface area (TPSA) is 37.4 Å². The van der Waals surface area contributed by atoms with Crippen molar-refractivity contribution in [1.29, 1.82) is 0 Å². The first-order valence-corrected chi connectivity index (χ1v) is 8.04. The van der Waals surface area contributed by atoms with E-state index in [2.05, 4.69) is 36.0 Å². The van der Waals surface area contributed by atoms with E-state index < -0.39 is 0 Å². The van der Waals surface area contributed by atoms with Crippen molar-refractivity contribution in [3.05, 3.63) is 10.6 Å². The van der Waals surface area contributed by atoms with Gasteiger partial charge in [0.05, 0.1) is 12.3 Å². The summed E-state index contributed by atoms with van der Waals surface area (Å²) in [5.74, 6) is 0. The number of nitrogens with zero attached hydrogens (tertiary/aromatic N) is 2. The molecule has 0 fully saturated rings. The van der Waals surface area contributed by atoms with E-state index >= 15 is 0 Å². The van der Waals surface area contributed by atoms with Crippen molar-refractivity contribution in [2.75, 3.05) is 37.7 Å². The van der Waals surface area contributed by atoms with E-state index in [4.69, 9.17) is 4.74 Å². The molecule has 1 heterocycles. The predicted molar refractivity (Wildman–Crippen MR) is 83.2 cm³/mol. The lowest BCUT2D eigenvalue weighted by Crippen LogP contribution is -2.27. The monoisotopic (exact) mass is 285 g/mol. The second-order valence-corrected chi connectivity index (χ2v) is 5.52. The SMILES string of the molecule is CCCNCc1sc(N(CC)CCOCC)nc1C. The van der Waals surface area contributed by atoms with Crippen molar-refractivity contribution in [1.82, 2.24) is 10.3 Å². The second kappa shape index (κ2) is 9.28. The maximum absolute atomic E-state index is 5.43. The largest absolute Gasteiger partial charge is 0.380 e. The average Bonchev–Trinajstić information content (AvgIpc) is 2.77. The van der Waals surface area contributed by atoms with E-state index in [1.165, 1.54) is 11.3 Å². The van der Waals surface area contributed by atoms with Crippen LogP contribution in [0.4, 0.5) is 5.13 Å². The van der Waals surface area contributed by atoms with Crippen LogP contribution in [0.25, 0.3) is 0 Å². The molecule has 0 unspecified atom stereocenters. The molecular weight excluding hydrogens is 258 g/mol. The summed E-state index contributed by atoms with van der Waals surface area (Å²) >= 11 is 1.80. The first-order chi connectivity index (χ1) is 9.22. The number of ether oxygens (including phenoxy) is 1. The third-order valence-electron chi connectivity index (χ3n) is 2.96. The van der Waals surface area contributed by atoms with Crippen LogP contribution in [0.2, 0.25) is 0 Å². The molecule has 1 rings (SSSR count). The average molecular weight is 285 g/mol. The number of rotatable bonds is 10. The summed E-state index contributed by atoms with van der Waals surface area (Å²) in [6.45, 7) is 13.9. The number of aryl methyl sites for hydroxylation is 1. The zero-order valence-electron chi connectivity index (χ0n) is 12.7. The Balaban J connectivity index is 2.57. The Kier molecular flexibility index (Phi) is 8.02. The third kappa shape index (κ3) is 5.47. The van der Waals surface area contributed by atoms with Gasteiger partial charge in [-0.1, -0.05) is 6.92 Å². The van der Waals surface area contributed by atoms with Gasteiger partial charge in [0.2, 0.25) is 0 Å². The van der Waals surface area contributed by atoms with Crippen LogP contribution in [0.1, 0.15) is 37.8 Å². The van der Waals surface area contributed by atoms with Gasteiger partial charge >= 0.3 is 0 Å². The maximum atomic E-state index is 5.43. The van der Waals surface area contributed by atoms with E-state index in [-0.39, 0.29) is 0 Å². The lowest BCUT2D eigenvalue weighted by atomic mass is 10.4. The molecule has 0 spiro atoms. The number of thiazole rings is 1. The molecule has 0 radical (unpaired) electrons. The number of hydrogen-bond donors (Lipinski definition) is 1. The molecule has 0 atom stereocenters. The molecule has 0 aliphatic rings. The van der Waals surface area contributed by atoms with E-state index in [0.717, 1.165) is 50.2 Å². The molecule has 0 aliphatic heterocycles. The molecule has 0 saturated heterocycles. The van der Waals surface area contributed by atoms with E-state index in [9.17, 15) is 0 Å². The van der Waals surface area contributed by atoms with Gasteiger partial charge in [0.15, 0.2) is 5.13 Å². The number of nitrogens with one attached hydrogen (secondary N) is 1. The van der Waals surface area contributed by atoms with Gasteiger partial charge in [-0.25, -0.2) is 4.98 Å². The Hall–Kier alpha value is -0.650. The summed E-state index contributed by atoms with van der Waals surface area (Å²) in [6.07, 6.45) is 1.17. The Morgan fingerprint density at radius 3 is 2.74 bits per heavy atom. The summed E-state index contributed by atoms with van der Waals surface area (Å²) in [5, 5.41) is 4.56. The molecular formula is C14H27N3OS. The van der Waals surface area contributed by atoms with E-state index in [0.29, 0.717) is 0 Å². The van der Waals surface area contributed by atoms with Crippen molar-refractivity contribution >= 4 is 16.5 Å². The van der Waals surface area contributed by atoms with Gasteiger partial charge in [0, 0.05) is 31.1 Å². The van der Waals surface area contributed by atoms with Crippen LogP contribution >= 0.6 is 11.3 Å². The second-order valence-electron chi connectivity index (χ2n) is 4.46. The molecule has 0 amide bonds. The fourth-order valence-corrected chi connectivity index (χ4v) is 2.92. The fraction of sp³-hybridized carbons (Fsp3) is 0.786. The highest BCUT2D eigenvalue weighted by atomic mass is 32.1. The molecule has 4 nitrogen and oxygen atoms in total. The highest BCUT2D eigenvalue weighted by molar-refractivity contribution is 7.15. The molecule has 19 heavy (non-hydrogen) atoms.